The number of aromatic amines is 1. The zero-order valence-electron chi connectivity index (χ0n) is 10.4. The Labute approximate surface area is 110 Å². The highest BCUT2D eigenvalue weighted by atomic mass is 15.1. The molecule has 1 aromatic carbocycles. The van der Waals surface area contributed by atoms with Crippen molar-refractivity contribution in [3.8, 4) is 0 Å². The maximum atomic E-state index is 5.93. The minimum absolute atomic E-state index is 0.539. The number of aromatic nitrogens is 3. The number of anilines is 1. The largest absolute Gasteiger partial charge is 0.383 e. The van der Waals surface area contributed by atoms with Gasteiger partial charge in [0.15, 0.2) is 5.65 Å². The van der Waals surface area contributed by atoms with Crippen LogP contribution >= 0.6 is 0 Å². The smallest absolute Gasteiger partial charge is 0.157 e. The van der Waals surface area contributed by atoms with E-state index in [1.807, 2.05) is 24.3 Å². The molecule has 0 aliphatic carbocycles. The van der Waals surface area contributed by atoms with Gasteiger partial charge in [-0.25, -0.2) is 4.98 Å². The van der Waals surface area contributed by atoms with Gasteiger partial charge in [0.05, 0.1) is 6.20 Å². The number of hydrogen-bond donors (Lipinski definition) is 3. The molecule has 0 aliphatic heterocycles. The van der Waals surface area contributed by atoms with Gasteiger partial charge < -0.3 is 11.1 Å². The van der Waals surface area contributed by atoms with E-state index in [2.05, 4.69) is 32.6 Å². The van der Waals surface area contributed by atoms with Crippen molar-refractivity contribution in [1.82, 2.24) is 20.5 Å². The molecule has 0 unspecified atom stereocenters. The number of nitrogens with two attached hydrogens (primary N) is 1. The molecule has 2 heterocycles. The van der Waals surface area contributed by atoms with E-state index in [0.717, 1.165) is 23.1 Å². The molecule has 0 fully saturated rings. The van der Waals surface area contributed by atoms with Crippen molar-refractivity contribution in [3.63, 3.8) is 0 Å². The number of nitrogens with one attached hydrogen (secondary N) is 2. The van der Waals surface area contributed by atoms with E-state index in [1.54, 1.807) is 6.20 Å². The summed E-state index contributed by atoms with van der Waals surface area (Å²) in [7, 11) is 0. The zero-order valence-corrected chi connectivity index (χ0v) is 10.4. The summed E-state index contributed by atoms with van der Waals surface area (Å²) in [4.78, 5) is 4.28. The van der Waals surface area contributed by atoms with Crippen molar-refractivity contribution in [2.75, 3.05) is 5.73 Å². The molecule has 96 valence electrons. The van der Waals surface area contributed by atoms with Gasteiger partial charge >= 0.3 is 0 Å². The van der Waals surface area contributed by atoms with Crippen LogP contribution in [0.3, 0.4) is 0 Å². The average Bonchev–Trinajstić information content (AvgIpc) is 2.87. The minimum atomic E-state index is 0.539. The molecule has 3 rings (SSSR count). The fraction of sp³-hybridized carbons (Fsp3) is 0.143. The predicted octanol–water partition coefficient (Wildman–Crippen LogP) is 1.83. The molecule has 3 aromatic rings. The molecule has 2 aromatic heterocycles. The normalized spacial score (nSPS) is 10.9. The molecule has 0 radical (unpaired) electrons. The van der Waals surface area contributed by atoms with Crippen molar-refractivity contribution in [2.24, 2.45) is 0 Å². The van der Waals surface area contributed by atoms with Crippen molar-refractivity contribution >= 4 is 16.9 Å². The Morgan fingerprint density at radius 3 is 2.84 bits per heavy atom. The molecule has 0 amide bonds. The number of fused-ring (bicyclic) bond motifs is 1. The second-order valence-electron chi connectivity index (χ2n) is 4.43. The Balaban J connectivity index is 1.69. The van der Waals surface area contributed by atoms with Gasteiger partial charge in [0.2, 0.25) is 0 Å². The van der Waals surface area contributed by atoms with Crippen molar-refractivity contribution in [1.29, 1.82) is 0 Å². The van der Waals surface area contributed by atoms with Gasteiger partial charge in [-0.3, -0.25) is 5.10 Å². The summed E-state index contributed by atoms with van der Waals surface area (Å²) < 4.78 is 0. The van der Waals surface area contributed by atoms with Gasteiger partial charge in [-0.1, -0.05) is 30.3 Å². The molecule has 5 heteroatoms. The van der Waals surface area contributed by atoms with E-state index in [0.29, 0.717) is 12.4 Å². The van der Waals surface area contributed by atoms with Gasteiger partial charge in [-0.15, -0.1) is 0 Å². The fourth-order valence-corrected chi connectivity index (χ4v) is 2.02. The minimum Gasteiger partial charge on any atom is -0.383 e. The summed E-state index contributed by atoms with van der Waals surface area (Å²) >= 11 is 0. The van der Waals surface area contributed by atoms with Crippen LogP contribution in [0.2, 0.25) is 0 Å². The van der Waals surface area contributed by atoms with Crippen LogP contribution in [-0.2, 0) is 13.1 Å². The average molecular weight is 253 g/mol. The first-order valence-corrected chi connectivity index (χ1v) is 6.16. The number of benzene rings is 1. The molecule has 5 nitrogen and oxygen atoms in total. The molecule has 0 spiro atoms. The van der Waals surface area contributed by atoms with Crippen molar-refractivity contribution < 1.29 is 0 Å². The number of hydrogen-bond acceptors (Lipinski definition) is 4. The molecule has 19 heavy (non-hydrogen) atoms. The predicted molar refractivity (Wildman–Crippen MR) is 75.3 cm³/mol. The highest BCUT2D eigenvalue weighted by molar-refractivity contribution is 5.77. The van der Waals surface area contributed by atoms with E-state index in [9.17, 15) is 0 Å². The van der Waals surface area contributed by atoms with E-state index < -0.39 is 0 Å². The summed E-state index contributed by atoms with van der Waals surface area (Å²) in [5.74, 6) is 0.539. The molecular formula is C14H15N5. The van der Waals surface area contributed by atoms with Crippen LogP contribution in [0.4, 0.5) is 5.82 Å². The van der Waals surface area contributed by atoms with E-state index in [-0.39, 0.29) is 0 Å². The number of nitrogen functional groups attached to an aromatic ring is 1. The quantitative estimate of drug-likeness (QED) is 0.662. The van der Waals surface area contributed by atoms with Gasteiger partial charge in [0.1, 0.15) is 5.82 Å². The molecule has 0 saturated heterocycles. The second kappa shape index (κ2) is 5.07. The standard InChI is InChI=1S/C14H15N5/c15-13-11(6-12-9-17-19-14(12)18-13)8-16-7-10-4-2-1-3-5-10/h1-6,9,16H,7-8H2,(H3,15,17,18,19). The maximum absolute atomic E-state index is 5.93. The Morgan fingerprint density at radius 2 is 2.00 bits per heavy atom. The van der Waals surface area contributed by atoms with Crippen LogP contribution in [0.1, 0.15) is 11.1 Å². The second-order valence-corrected chi connectivity index (χ2v) is 4.43. The summed E-state index contributed by atoms with van der Waals surface area (Å²) in [6.07, 6.45) is 1.75. The summed E-state index contributed by atoms with van der Waals surface area (Å²) in [5, 5.41) is 11.1. The number of nitrogens with zero attached hydrogens (tertiary/aromatic N) is 2. The first kappa shape index (κ1) is 11.7. The van der Waals surface area contributed by atoms with E-state index in [4.69, 9.17) is 5.73 Å². The van der Waals surface area contributed by atoms with Crippen LogP contribution in [0, 0.1) is 0 Å². The number of H-pyrrole nitrogens is 1. The lowest BCUT2D eigenvalue weighted by Crippen LogP contribution is -2.14. The van der Waals surface area contributed by atoms with Crippen molar-refractivity contribution in [2.45, 2.75) is 13.1 Å². The van der Waals surface area contributed by atoms with Gasteiger partial charge in [0, 0.05) is 24.0 Å². The lowest BCUT2D eigenvalue weighted by atomic mass is 10.2. The fourth-order valence-electron chi connectivity index (χ4n) is 2.02. The summed E-state index contributed by atoms with van der Waals surface area (Å²) in [5.41, 5.74) is 8.89. The zero-order chi connectivity index (χ0) is 13.1. The first-order valence-electron chi connectivity index (χ1n) is 6.16. The molecular weight excluding hydrogens is 238 g/mol. The Bertz CT molecular complexity index is 675. The summed E-state index contributed by atoms with van der Waals surface area (Å²) in [6.45, 7) is 1.50. The highest BCUT2D eigenvalue weighted by Crippen LogP contribution is 2.16. The third-order valence-corrected chi connectivity index (χ3v) is 3.03. The molecule has 0 aliphatic rings. The van der Waals surface area contributed by atoms with E-state index in [1.165, 1.54) is 5.56 Å². The first-order chi connectivity index (χ1) is 9.33. The SMILES string of the molecule is Nc1nc2[nH]ncc2cc1CNCc1ccccc1. The third kappa shape index (κ3) is 2.56. The van der Waals surface area contributed by atoms with Crippen LogP contribution in [0.15, 0.2) is 42.6 Å². The van der Waals surface area contributed by atoms with Crippen LogP contribution in [-0.4, -0.2) is 15.2 Å². The van der Waals surface area contributed by atoms with Crippen LogP contribution in [0.25, 0.3) is 11.0 Å². The third-order valence-electron chi connectivity index (χ3n) is 3.03. The lowest BCUT2D eigenvalue weighted by Gasteiger charge is -2.07. The van der Waals surface area contributed by atoms with Crippen LogP contribution in [0.5, 0.6) is 0 Å². The number of rotatable bonds is 4. The van der Waals surface area contributed by atoms with Gasteiger partial charge in [0.25, 0.3) is 0 Å². The van der Waals surface area contributed by atoms with Crippen molar-refractivity contribution in [3.05, 3.63) is 53.7 Å². The molecule has 0 bridgehead atoms. The Hall–Kier alpha value is -2.40. The lowest BCUT2D eigenvalue weighted by molar-refractivity contribution is 0.694. The van der Waals surface area contributed by atoms with Crippen LogP contribution < -0.4 is 11.1 Å². The maximum Gasteiger partial charge on any atom is 0.157 e. The molecule has 4 N–H and O–H groups in total. The highest BCUT2D eigenvalue weighted by Gasteiger charge is 2.05. The Morgan fingerprint density at radius 1 is 1.16 bits per heavy atom. The topological polar surface area (TPSA) is 79.6 Å². The molecule has 0 atom stereocenters. The monoisotopic (exact) mass is 253 g/mol. The van der Waals surface area contributed by atoms with Gasteiger partial charge in [-0.05, 0) is 11.6 Å². The Kier molecular flexibility index (Phi) is 3.12. The van der Waals surface area contributed by atoms with E-state index >= 15 is 0 Å². The molecule has 0 saturated carbocycles. The summed E-state index contributed by atoms with van der Waals surface area (Å²) in [6, 6.07) is 12.3. The van der Waals surface area contributed by atoms with Gasteiger partial charge in [-0.2, -0.15) is 5.10 Å². The number of pyridine rings is 1.